The zero-order valence-electron chi connectivity index (χ0n) is 11.6. The Morgan fingerprint density at radius 2 is 2.00 bits per heavy atom. The van der Waals surface area contributed by atoms with Gasteiger partial charge >= 0.3 is 0 Å². The van der Waals surface area contributed by atoms with Gasteiger partial charge in [-0.1, -0.05) is 6.92 Å². The minimum absolute atomic E-state index is 0.0935. The molecule has 0 aromatic carbocycles. The Morgan fingerprint density at radius 3 is 2.63 bits per heavy atom. The summed E-state index contributed by atoms with van der Waals surface area (Å²) in [6.45, 7) is 7.71. The van der Waals surface area contributed by atoms with Crippen molar-refractivity contribution in [1.29, 1.82) is 0 Å². The van der Waals surface area contributed by atoms with Crippen molar-refractivity contribution in [3.05, 3.63) is 11.9 Å². The smallest absolute Gasteiger partial charge is 0.134 e. The van der Waals surface area contributed by atoms with Crippen molar-refractivity contribution in [3.8, 4) is 0 Å². The van der Waals surface area contributed by atoms with Crippen molar-refractivity contribution in [2.75, 3.05) is 43.5 Å². The van der Waals surface area contributed by atoms with Crippen LogP contribution in [0.1, 0.15) is 19.4 Å². The fourth-order valence-corrected chi connectivity index (χ4v) is 2.08. The van der Waals surface area contributed by atoms with Crippen LogP contribution in [0, 0.1) is 0 Å². The van der Waals surface area contributed by atoms with Crippen molar-refractivity contribution >= 4 is 11.6 Å². The van der Waals surface area contributed by atoms with Crippen LogP contribution in [0.25, 0.3) is 0 Å². The van der Waals surface area contributed by atoms with Crippen LogP contribution >= 0.6 is 0 Å². The van der Waals surface area contributed by atoms with Crippen LogP contribution in [-0.2, 0) is 15.9 Å². The molecule has 1 atom stereocenters. The van der Waals surface area contributed by atoms with E-state index in [9.17, 15) is 0 Å². The monoisotopic (exact) mass is 266 g/mol. The van der Waals surface area contributed by atoms with Gasteiger partial charge in [-0.3, -0.25) is 0 Å². The molecule has 19 heavy (non-hydrogen) atoms. The van der Waals surface area contributed by atoms with Crippen molar-refractivity contribution in [3.63, 3.8) is 0 Å². The molecule has 0 spiro atoms. The molecule has 1 aromatic rings. The second-order valence-electron chi connectivity index (χ2n) is 4.38. The Kier molecular flexibility index (Phi) is 5.35. The number of rotatable bonds is 6. The lowest BCUT2D eigenvalue weighted by Crippen LogP contribution is -2.34. The molecule has 6 nitrogen and oxygen atoms in total. The Morgan fingerprint density at radius 1 is 1.21 bits per heavy atom. The zero-order valence-corrected chi connectivity index (χ0v) is 11.6. The summed E-state index contributed by atoms with van der Waals surface area (Å²) >= 11 is 0. The van der Waals surface area contributed by atoms with Gasteiger partial charge < -0.3 is 20.1 Å². The number of anilines is 2. The van der Waals surface area contributed by atoms with E-state index >= 15 is 0 Å². The van der Waals surface area contributed by atoms with E-state index in [-0.39, 0.29) is 6.10 Å². The van der Waals surface area contributed by atoms with Crippen LogP contribution in [0.3, 0.4) is 0 Å². The van der Waals surface area contributed by atoms with Crippen molar-refractivity contribution < 1.29 is 9.47 Å². The van der Waals surface area contributed by atoms with Gasteiger partial charge in [0.1, 0.15) is 18.0 Å². The largest absolute Gasteiger partial charge is 0.376 e. The Hall–Kier alpha value is -1.40. The number of nitrogens with zero attached hydrogens (tertiary/aromatic N) is 2. The second-order valence-corrected chi connectivity index (χ2v) is 4.38. The highest BCUT2D eigenvalue weighted by Crippen LogP contribution is 2.20. The summed E-state index contributed by atoms with van der Waals surface area (Å²) in [5.41, 5.74) is 1.11. The molecule has 0 amide bonds. The molecule has 106 valence electrons. The van der Waals surface area contributed by atoms with E-state index in [0.717, 1.165) is 30.2 Å². The lowest BCUT2D eigenvalue weighted by atomic mass is 10.2. The maximum Gasteiger partial charge on any atom is 0.134 e. The number of hydrogen-bond acceptors (Lipinski definition) is 6. The summed E-state index contributed by atoms with van der Waals surface area (Å²) in [6.07, 6.45) is 2.56. The van der Waals surface area contributed by atoms with Crippen LogP contribution < -0.4 is 10.6 Å². The number of hydrogen-bond donors (Lipinski definition) is 2. The van der Waals surface area contributed by atoms with E-state index in [1.54, 1.807) is 6.33 Å². The van der Waals surface area contributed by atoms with Gasteiger partial charge in [0.15, 0.2) is 0 Å². The summed E-state index contributed by atoms with van der Waals surface area (Å²) in [7, 11) is 0. The van der Waals surface area contributed by atoms with Crippen LogP contribution in [0.15, 0.2) is 6.33 Å². The molecule has 1 aliphatic rings. The Balaban J connectivity index is 2.00. The fourth-order valence-electron chi connectivity index (χ4n) is 2.08. The third-order valence-electron chi connectivity index (χ3n) is 3.03. The molecule has 6 heteroatoms. The summed E-state index contributed by atoms with van der Waals surface area (Å²) in [4.78, 5) is 8.59. The molecule has 1 unspecified atom stereocenters. The highest BCUT2D eigenvalue weighted by atomic mass is 16.6. The predicted octanol–water partition coefficient (Wildman–Crippen LogP) is 1.30. The molecule has 1 aliphatic heterocycles. The first kappa shape index (κ1) is 14.0. The summed E-state index contributed by atoms with van der Waals surface area (Å²) in [6, 6.07) is 0. The molecule has 1 aromatic heterocycles. The van der Waals surface area contributed by atoms with Gasteiger partial charge in [0.05, 0.1) is 25.9 Å². The lowest BCUT2D eigenvalue weighted by molar-refractivity contribution is -0.0819. The third-order valence-corrected chi connectivity index (χ3v) is 3.03. The molecule has 2 rings (SSSR count). The summed E-state index contributed by atoms with van der Waals surface area (Å²) < 4.78 is 11.0. The molecule has 0 bridgehead atoms. The maximum absolute atomic E-state index is 5.60. The minimum atomic E-state index is 0.0935. The van der Waals surface area contributed by atoms with Gasteiger partial charge in [-0.2, -0.15) is 0 Å². The Bertz CT molecular complexity index is 394. The van der Waals surface area contributed by atoms with Crippen molar-refractivity contribution in [2.45, 2.75) is 26.4 Å². The molecular formula is C13H22N4O2. The zero-order chi connectivity index (χ0) is 13.5. The van der Waals surface area contributed by atoms with Gasteiger partial charge in [0, 0.05) is 18.7 Å². The van der Waals surface area contributed by atoms with Crippen LogP contribution in [0.2, 0.25) is 0 Å². The molecule has 1 saturated heterocycles. The topological polar surface area (TPSA) is 68.3 Å². The minimum Gasteiger partial charge on any atom is -0.376 e. The molecule has 1 fully saturated rings. The molecule has 2 N–H and O–H groups in total. The van der Waals surface area contributed by atoms with E-state index in [1.165, 1.54) is 0 Å². The first-order valence-electron chi connectivity index (χ1n) is 6.86. The van der Waals surface area contributed by atoms with E-state index in [4.69, 9.17) is 9.47 Å². The molecule has 0 radical (unpaired) electrons. The standard InChI is InChI=1S/C13H22N4O2/c1-3-11-12(14-4-2)16-9-17-13(11)15-7-10-8-18-5-6-19-10/h9-10H,3-8H2,1-2H3,(H2,14,15,16,17). The van der Waals surface area contributed by atoms with E-state index in [0.29, 0.717) is 26.4 Å². The van der Waals surface area contributed by atoms with E-state index in [2.05, 4.69) is 34.4 Å². The van der Waals surface area contributed by atoms with Crippen molar-refractivity contribution in [1.82, 2.24) is 9.97 Å². The van der Waals surface area contributed by atoms with Crippen LogP contribution in [0.5, 0.6) is 0 Å². The third kappa shape index (κ3) is 3.78. The number of nitrogens with one attached hydrogen (secondary N) is 2. The average molecular weight is 266 g/mol. The van der Waals surface area contributed by atoms with E-state index < -0.39 is 0 Å². The number of aromatic nitrogens is 2. The molecular weight excluding hydrogens is 244 g/mol. The van der Waals surface area contributed by atoms with Crippen molar-refractivity contribution in [2.24, 2.45) is 0 Å². The summed E-state index contributed by atoms with van der Waals surface area (Å²) in [5, 5.41) is 6.59. The quantitative estimate of drug-likeness (QED) is 0.809. The van der Waals surface area contributed by atoms with Gasteiger partial charge in [-0.05, 0) is 13.3 Å². The normalized spacial score (nSPS) is 19.2. The van der Waals surface area contributed by atoms with Gasteiger partial charge in [0.25, 0.3) is 0 Å². The second kappa shape index (κ2) is 7.25. The fraction of sp³-hybridized carbons (Fsp3) is 0.692. The first-order valence-corrected chi connectivity index (χ1v) is 6.86. The lowest BCUT2D eigenvalue weighted by Gasteiger charge is -2.24. The predicted molar refractivity (Wildman–Crippen MR) is 74.6 cm³/mol. The highest BCUT2D eigenvalue weighted by Gasteiger charge is 2.15. The maximum atomic E-state index is 5.60. The number of ether oxygens (including phenoxy) is 2. The van der Waals surface area contributed by atoms with E-state index in [1.807, 2.05) is 0 Å². The van der Waals surface area contributed by atoms with Gasteiger partial charge in [0.2, 0.25) is 0 Å². The molecule has 0 saturated carbocycles. The average Bonchev–Trinajstić information content (AvgIpc) is 2.46. The van der Waals surface area contributed by atoms with Gasteiger partial charge in [-0.15, -0.1) is 0 Å². The van der Waals surface area contributed by atoms with Crippen LogP contribution in [0.4, 0.5) is 11.6 Å². The molecule has 2 heterocycles. The molecule has 0 aliphatic carbocycles. The first-order chi connectivity index (χ1) is 9.35. The SMILES string of the molecule is CCNc1ncnc(NCC2COCCO2)c1CC. The van der Waals surface area contributed by atoms with Crippen LogP contribution in [-0.4, -0.2) is 49.0 Å². The van der Waals surface area contributed by atoms with Gasteiger partial charge in [-0.25, -0.2) is 9.97 Å². The Labute approximate surface area is 113 Å². The summed E-state index contributed by atoms with van der Waals surface area (Å²) in [5.74, 6) is 1.78. The highest BCUT2D eigenvalue weighted by molar-refractivity contribution is 5.57.